The van der Waals surface area contributed by atoms with Crippen LogP contribution >= 0.6 is 0 Å². The molecule has 2 aliphatic rings. The Morgan fingerprint density at radius 1 is 1.09 bits per heavy atom. The summed E-state index contributed by atoms with van der Waals surface area (Å²) in [4.78, 5) is 0.357. The van der Waals surface area contributed by atoms with Crippen molar-refractivity contribution in [3.63, 3.8) is 0 Å². The number of sulfonamides is 1. The second-order valence-electron chi connectivity index (χ2n) is 6.28. The lowest BCUT2D eigenvalue weighted by molar-refractivity contribution is 0.350. The zero-order chi connectivity index (χ0) is 15.6. The second-order valence-corrected chi connectivity index (χ2v) is 8.17. The summed E-state index contributed by atoms with van der Waals surface area (Å²) in [5.74, 6) is 0. The molecule has 2 aliphatic carbocycles. The molecular weight excluding hydrogens is 296 g/mol. The van der Waals surface area contributed by atoms with Gasteiger partial charge in [-0.3, -0.25) is 0 Å². The Balaban J connectivity index is 1.95. The molecule has 0 aromatic heterocycles. The van der Waals surface area contributed by atoms with Crippen LogP contribution in [-0.4, -0.2) is 25.3 Å². The summed E-state index contributed by atoms with van der Waals surface area (Å²) in [6.45, 7) is -0.0515. The van der Waals surface area contributed by atoms with Crippen molar-refractivity contribution in [2.24, 2.45) is 0 Å². The third-order valence-corrected chi connectivity index (χ3v) is 6.78. The maximum absolute atomic E-state index is 13.0. The van der Waals surface area contributed by atoms with Crippen LogP contribution in [0.15, 0.2) is 23.1 Å². The summed E-state index contributed by atoms with van der Waals surface area (Å²) >= 11 is 0. The van der Waals surface area contributed by atoms with Crippen molar-refractivity contribution in [3.8, 4) is 6.07 Å². The van der Waals surface area contributed by atoms with E-state index in [9.17, 15) is 8.42 Å². The Hall–Kier alpha value is -1.38. The Kier molecular flexibility index (Phi) is 4.51. The third-order valence-electron chi connectivity index (χ3n) is 4.89. The van der Waals surface area contributed by atoms with Crippen molar-refractivity contribution in [1.29, 1.82) is 5.26 Å². The highest BCUT2D eigenvalue weighted by atomic mass is 32.2. The van der Waals surface area contributed by atoms with Crippen molar-refractivity contribution in [2.45, 2.75) is 62.3 Å². The predicted octanol–water partition coefficient (Wildman–Crippen LogP) is 3.02. The highest BCUT2D eigenvalue weighted by Crippen LogP contribution is 2.30. The molecule has 118 valence electrons. The van der Waals surface area contributed by atoms with Gasteiger partial charge in [0, 0.05) is 6.04 Å². The summed E-state index contributed by atoms with van der Waals surface area (Å²) in [7, 11) is -3.57. The van der Waals surface area contributed by atoms with Crippen LogP contribution in [0, 0.1) is 11.3 Å². The molecule has 0 amide bonds. The van der Waals surface area contributed by atoms with Gasteiger partial charge >= 0.3 is 0 Å². The van der Waals surface area contributed by atoms with E-state index in [0.29, 0.717) is 4.90 Å². The fourth-order valence-corrected chi connectivity index (χ4v) is 5.31. The van der Waals surface area contributed by atoms with Crippen LogP contribution < -0.4 is 0 Å². The molecule has 1 aromatic rings. The zero-order valence-corrected chi connectivity index (χ0v) is 13.6. The van der Waals surface area contributed by atoms with Crippen LogP contribution in [0.1, 0.15) is 49.7 Å². The topological polar surface area (TPSA) is 61.2 Å². The standard InChI is InChI=1S/C17H22N2O2S/c18-11-12-19(16-7-3-4-8-16)22(20,21)17-10-9-14-5-1-2-6-15(14)13-17/h9-10,13,16H,1-8,12H2. The first-order chi connectivity index (χ1) is 10.6. The van der Waals surface area contributed by atoms with Crippen LogP contribution in [-0.2, 0) is 22.9 Å². The molecule has 0 aliphatic heterocycles. The van der Waals surface area contributed by atoms with Gasteiger partial charge in [0.1, 0.15) is 6.54 Å². The van der Waals surface area contributed by atoms with E-state index in [0.717, 1.165) is 50.5 Å². The molecule has 0 atom stereocenters. The fraction of sp³-hybridized carbons (Fsp3) is 0.588. The van der Waals surface area contributed by atoms with Crippen molar-refractivity contribution in [2.75, 3.05) is 6.54 Å². The maximum Gasteiger partial charge on any atom is 0.244 e. The predicted molar refractivity (Wildman–Crippen MR) is 84.8 cm³/mol. The SMILES string of the molecule is N#CCN(C1CCCC1)S(=O)(=O)c1ccc2c(c1)CCCC2. The number of fused-ring (bicyclic) bond motifs is 1. The molecule has 5 heteroatoms. The second kappa shape index (κ2) is 6.39. The summed E-state index contributed by atoms with van der Waals surface area (Å²) in [5, 5.41) is 9.04. The van der Waals surface area contributed by atoms with E-state index in [2.05, 4.69) is 0 Å². The van der Waals surface area contributed by atoms with Crippen molar-refractivity contribution >= 4 is 10.0 Å². The van der Waals surface area contributed by atoms with Gasteiger partial charge in [-0.05, 0) is 61.8 Å². The molecule has 1 saturated carbocycles. The van der Waals surface area contributed by atoms with Gasteiger partial charge in [-0.25, -0.2) is 8.42 Å². The molecule has 1 fully saturated rings. The molecule has 0 heterocycles. The largest absolute Gasteiger partial charge is 0.244 e. The van der Waals surface area contributed by atoms with E-state index in [1.54, 1.807) is 6.07 Å². The van der Waals surface area contributed by atoms with Crippen LogP contribution in [0.25, 0.3) is 0 Å². The lowest BCUT2D eigenvalue weighted by Crippen LogP contribution is -2.39. The molecule has 0 saturated heterocycles. The average Bonchev–Trinajstić information content (AvgIpc) is 3.06. The van der Waals surface area contributed by atoms with Gasteiger partial charge in [-0.1, -0.05) is 18.9 Å². The first kappa shape index (κ1) is 15.5. The molecular formula is C17H22N2O2S. The van der Waals surface area contributed by atoms with Crippen molar-refractivity contribution < 1.29 is 8.42 Å². The Bertz CT molecular complexity index is 685. The minimum Gasteiger partial charge on any atom is -0.207 e. The normalized spacial score (nSPS) is 19.1. The Morgan fingerprint density at radius 3 is 2.45 bits per heavy atom. The monoisotopic (exact) mass is 318 g/mol. The maximum atomic E-state index is 13.0. The first-order valence-electron chi connectivity index (χ1n) is 8.13. The van der Waals surface area contributed by atoms with Crippen LogP contribution in [0.5, 0.6) is 0 Å². The van der Waals surface area contributed by atoms with E-state index in [4.69, 9.17) is 5.26 Å². The number of hydrogen-bond donors (Lipinski definition) is 0. The summed E-state index contributed by atoms with van der Waals surface area (Å²) in [6, 6.07) is 7.53. The summed E-state index contributed by atoms with van der Waals surface area (Å²) in [5.41, 5.74) is 2.44. The van der Waals surface area contributed by atoms with Crippen LogP contribution in [0.3, 0.4) is 0 Å². The molecule has 22 heavy (non-hydrogen) atoms. The van der Waals surface area contributed by atoms with E-state index < -0.39 is 10.0 Å². The number of rotatable bonds is 4. The van der Waals surface area contributed by atoms with Crippen LogP contribution in [0.4, 0.5) is 0 Å². The smallest absolute Gasteiger partial charge is 0.207 e. The molecule has 3 rings (SSSR count). The van der Waals surface area contributed by atoms with Gasteiger partial charge in [0.2, 0.25) is 10.0 Å². The molecule has 0 spiro atoms. The summed E-state index contributed by atoms with van der Waals surface area (Å²) in [6.07, 6.45) is 8.14. The number of aryl methyl sites for hydroxylation is 2. The Labute approximate surface area is 132 Å². The van der Waals surface area contributed by atoms with Gasteiger partial charge in [0.05, 0.1) is 11.0 Å². The van der Waals surface area contributed by atoms with Gasteiger partial charge < -0.3 is 0 Å². The lowest BCUT2D eigenvalue weighted by atomic mass is 9.92. The van der Waals surface area contributed by atoms with E-state index in [-0.39, 0.29) is 12.6 Å². The quantitative estimate of drug-likeness (QED) is 0.802. The molecule has 0 unspecified atom stereocenters. The minimum atomic E-state index is -3.57. The van der Waals surface area contributed by atoms with Gasteiger partial charge in [0.15, 0.2) is 0 Å². The fourth-order valence-electron chi connectivity index (χ4n) is 3.68. The molecule has 1 aromatic carbocycles. The van der Waals surface area contributed by atoms with E-state index in [1.807, 2.05) is 18.2 Å². The van der Waals surface area contributed by atoms with Gasteiger partial charge in [-0.15, -0.1) is 0 Å². The zero-order valence-electron chi connectivity index (χ0n) is 12.8. The highest BCUT2D eigenvalue weighted by molar-refractivity contribution is 7.89. The number of nitrogens with zero attached hydrogens (tertiary/aromatic N) is 2. The molecule has 0 radical (unpaired) electrons. The van der Waals surface area contributed by atoms with E-state index in [1.165, 1.54) is 16.3 Å². The molecule has 4 nitrogen and oxygen atoms in total. The lowest BCUT2D eigenvalue weighted by Gasteiger charge is -2.26. The minimum absolute atomic E-state index is 0.0133. The molecule has 0 N–H and O–H groups in total. The third kappa shape index (κ3) is 2.90. The van der Waals surface area contributed by atoms with Crippen LogP contribution in [0.2, 0.25) is 0 Å². The molecule has 0 bridgehead atoms. The Morgan fingerprint density at radius 2 is 1.77 bits per heavy atom. The first-order valence-corrected chi connectivity index (χ1v) is 9.57. The number of nitriles is 1. The number of hydrogen-bond acceptors (Lipinski definition) is 3. The summed E-state index contributed by atoms with van der Waals surface area (Å²) < 4.78 is 27.4. The van der Waals surface area contributed by atoms with Gasteiger partial charge in [0.25, 0.3) is 0 Å². The highest BCUT2D eigenvalue weighted by Gasteiger charge is 2.33. The average molecular weight is 318 g/mol. The van der Waals surface area contributed by atoms with E-state index >= 15 is 0 Å². The van der Waals surface area contributed by atoms with Crippen molar-refractivity contribution in [1.82, 2.24) is 4.31 Å². The number of benzene rings is 1. The van der Waals surface area contributed by atoms with Crippen molar-refractivity contribution in [3.05, 3.63) is 29.3 Å². The van der Waals surface area contributed by atoms with Gasteiger partial charge in [-0.2, -0.15) is 9.57 Å².